The lowest BCUT2D eigenvalue weighted by atomic mass is 10.2. The minimum absolute atomic E-state index is 0.637. The van der Waals surface area contributed by atoms with Gasteiger partial charge in [0.15, 0.2) is 11.0 Å². The molecule has 0 unspecified atom stereocenters. The van der Waals surface area contributed by atoms with Crippen LogP contribution in [0.3, 0.4) is 0 Å². The molecule has 1 aromatic carbocycles. The van der Waals surface area contributed by atoms with Gasteiger partial charge < -0.3 is 0 Å². The molecule has 26 heavy (non-hydrogen) atoms. The molecule has 0 saturated carbocycles. The van der Waals surface area contributed by atoms with E-state index in [2.05, 4.69) is 39.7 Å². The summed E-state index contributed by atoms with van der Waals surface area (Å²) in [6.45, 7) is 6.71. The van der Waals surface area contributed by atoms with Gasteiger partial charge in [0.1, 0.15) is 0 Å². The Kier molecular flexibility index (Phi) is 6.81. The van der Waals surface area contributed by atoms with Crippen LogP contribution in [0, 0.1) is 0 Å². The van der Waals surface area contributed by atoms with Crippen molar-refractivity contribution in [1.82, 2.24) is 14.8 Å². The third-order valence-corrected chi connectivity index (χ3v) is 6.54. The number of rotatable bonds is 8. The maximum Gasteiger partial charge on any atom is 0.192 e. The molecular formula is C19H19Cl2N3S2. The van der Waals surface area contributed by atoms with Crippen molar-refractivity contribution in [2.24, 2.45) is 0 Å². The van der Waals surface area contributed by atoms with Gasteiger partial charge in [0, 0.05) is 38.2 Å². The molecule has 0 spiro atoms. The van der Waals surface area contributed by atoms with E-state index in [1.54, 1.807) is 23.1 Å². The molecule has 0 N–H and O–H groups in total. The van der Waals surface area contributed by atoms with E-state index in [4.69, 9.17) is 23.2 Å². The highest BCUT2D eigenvalue weighted by Crippen LogP contribution is 2.33. The number of aryl methyl sites for hydroxylation is 1. The second kappa shape index (κ2) is 9.09. The van der Waals surface area contributed by atoms with Gasteiger partial charge in [-0.05, 0) is 30.2 Å². The van der Waals surface area contributed by atoms with E-state index < -0.39 is 0 Å². The van der Waals surface area contributed by atoms with E-state index in [9.17, 15) is 0 Å². The van der Waals surface area contributed by atoms with Gasteiger partial charge in [-0.15, -0.1) is 28.1 Å². The van der Waals surface area contributed by atoms with E-state index in [0.29, 0.717) is 22.3 Å². The molecule has 0 aliphatic heterocycles. The van der Waals surface area contributed by atoms with Crippen molar-refractivity contribution < 1.29 is 0 Å². The van der Waals surface area contributed by atoms with Crippen molar-refractivity contribution in [3.8, 4) is 11.4 Å². The highest BCUT2D eigenvalue weighted by molar-refractivity contribution is 7.98. The van der Waals surface area contributed by atoms with Crippen LogP contribution in [0.1, 0.15) is 23.8 Å². The molecule has 3 aromatic rings. The summed E-state index contributed by atoms with van der Waals surface area (Å²) in [6.07, 6.45) is 4.09. The minimum Gasteiger partial charge on any atom is -0.298 e. The molecule has 0 fully saturated rings. The lowest BCUT2D eigenvalue weighted by Gasteiger charge is -2.08. The Bertz CT molecular complexity index is 882. The Morgan fingerprint density at radius 2 is 2.04 bits per heavy atom. The van der Waals surface area contributed by atoms with Gasteiger partial charge >= 0.3 is 0 Å². The zero-order valence-electron chi connectivity index (χ0n) is 14.4. The molecule has 0 bridgehead atoms. The number of hydrogen-bond donors (Lipinski definition) is 0. The summed E-state index contributed by atoms with van der Waals surface area (Å²) in [5, 5.41) is 13.1. The number of benzene rings is 1. The monoisotopic (exact) mass is 423 g/mol. The molecule has 0 saturated heterocycles. The van der Waals surface area contributed by atoms with Crippen molar-refractivity contribution in [1.29, 1.82) is 0 Å². The Labute approximate surface area is 172 Å². The van der Waals surface area contributed by atoms with Gasteiger partial charge in [-0.2, -0.15) is 0 Å². The first-order valence-corrected chi connectivity index (χ1v) is 10.9. The predicted octanol–water partition coefficient (Wildman–Crippen LogP) is 6.74. The first-order chi connectivity index (χ1) is 12.6. The van der Waals surface area contributed by atoms with Crippen molar-refractivity contribution in [3.05, 3.63) is 62.8 Å². The molecule has 0 atom stereocenters. The number of nitrogens with zero attached hydrogens (tertiary/aromatic N) is 3. The number of aromatic nitrogens is 3. The van der Waals surface area contributed by atoms with Crippen LogP contribution in [0.5, 0.6) is 0 Å². The molecule has 0 amide bonds. The Hall–Kier alpha value is -1.27. The van der Waals surface area contributed by atoms with Crippen LogP contribution in [0.25, 0.3) is 11.4 Å². The quantitative estimate of drug-likeness (QED) is 0.296. The smallest absolute Gasteiger partial charge is 0.192 e. The van der Waals surface area contributed by atoms with Crippen molar-refractivity contribution in [3.63, 3.8) is 0 Å². The number of halogens is 2. The SMILES string of the molecule is C=CCn1c(SCc2c(Cl)cccc2Cl)nnc1-c1csc(CCC)c1. The molecule has 7 heteroatoms. The molecule has 2 heterocycles. The standard InChI is InChI=1S/C19H19Cl2N3S2/c1-3-6-14-10-13(11-25-14)18-22-23-19(24(18)9-4-2)26-12-15-16(20)7-5-8-17(15)21/h4-5,7-8,10-11H,2-3,6,9,12H2,1H3. The highest BCUT2D eigenvalue weighted by Gasteiger charge is 2.16. The molecule has 0 aliphatic rings. The number of thioether (sulfide) groups is 1. The maximum atomic E-state index is 6.27. The van der Waals surface area contributed by atoms with E-state index in [1.807, 2.05) is 24.3 Å². The fourth-order valence-electron chi connectivity index (χ4n) is 2.59. The molecule has 2 aromatic heterocycles. The summed E-state index contributed by atoms with van der Waals surface area (Å²) in [7, 11) is 0. The number of hydrogen-bond acceptors (Lipinski definition) is 4. The Balaban J connectivity index is 1.86. The fraction of sp³-hybridized carbons (Fsp3) is 0.263. The average molecular weight is 424 g/mol. The third-order valence-electron chi connectivity index (χ3n) is 3.84. The van der Waals surface area contributed by atoms with E-state index >= 15 is 0 Å². The summed E-state index contributed by atoms with van der Waals surface area (Å²) in [5.74, 6) is 1.51. The molecule has 136 valence electrons. The van der Waals surface area contributed by atoms with Gasteiger partial charge in [-0.25, -0.2) is 0 Å². The van der Waals surface area contributed by atoms with Gasteiger partial charge in [0.2, 0.25) is 0 Å². The van der Waals surface area contributed by atoms with Crippen LogP contribution in [-0.4, -0.2) is 14.8 Å². The first kappa shape index (κ1) is 19.5. The van der Waals surface area contributed by atoms with Crippen molar-refractivity contribution in [2.45, 2.75) is 37.2 Å². The predicted molar refractivity (Wildman–Crippen MR) is 114 cm³/mol. The second-order valence-corrected chi connectivity index (χ2v) is 8.50. The van der Waals surface area contributed by atoms with E-state index in [0.717, 1.165) is 34.9 Å². The fourth-order valence-corrected chi connectivity index (χ4v) is 5.24. The van der Waals surface area contributed by atoms with E-state index in [-0.39, 0.29) is 0 Å². The van der Waals surface area contributed by atoms with Crippen molar-refractivity contribution in [2.75, 3.05) is 0 Å². The van der Waals surface area contributed by atoms with Gasteiger partial charge in [0.05, 0.1) is 0 Å². The van der Waals surface area contributed by atoms with Gasteiger partial charge in [0.25, 0.3) is 0 Å². The molecule has 3 rings (SSSR count). The molecule has 0 aliphatic carbocycles. The first-order valence-electron chi connectivity index (χ1n) is 8.31. The molecule has 0 radical (unpaired) electrons. The van der Waals surface area contributed by atoms with Crippen LogP contribution in [0.2, 0.25) is 10.0 Å². The van der Waals surface area contributed by atoms with Crippen LogP contribution in [0.15, 0.2) is 47.5 Å². The van der Waals surface area contributed by atoms with Crippen LogP contribution in [-0.2, 0) is 18.7 Å². The zero-order chi connectivity index (χ0) is 18.5. The third kappa shape index (κ3) is 4.34. The minimum atomic E-state index is 0.637. The number of thiophene rings is 1. The molecule has 3 nitrogen and oxygen atoms in total. The largest absolute Gasteiger partial charge is 0.298 e. The lowest BCUT2D eigenvalue weighted by Crippen LogP contribution is -2.00. The zero-order valence-corrected chi connectivity index (χ0v) is 17.6. The van der Waals surface area contributed by atoms with Gasteiger partial charge in [-0.1, -0.05) is 60.5 Å². The summed E-state index contributed by atoms with van der Waals surface area (Å²) < 4.78 is 2.08. The molecular weight excluding hydrogens is 405 g/mol. The van der Waals surface area contributed by atoms with Crippen LogP contribution >= 0.6 is 46.3 Å². The average Bonchev–Trinajstić information content (AvgIpc) is 3.22. The normalized spacial score (nSPS) is 11.0. The highest BCUT2D eigenvalue weighted by atomic mass is 35.5. The summed E-state index contributed by atoms with van der Waals surface area (Å²) >= 11 is 15.9. The van der Waals surface area contributed by atoms with Crippen LogP contribution in [0.4, 0.5) is 0 Å². The topological polar surface area (TPSA) is 30.7 Å². The Morgan fingerprint density at radius 3 is 2.73 bits per heavy atom. The van der Waals surface area contributed by atoms with E-state index in [1.165, 1.54) is 4.88 Å². The summed E-state index contributed by atoms with van der Waals surface area (Å²) in [5.41, 5.74) is 2.02. The van der Waals surface area contributed by atoms with Crippen LogP contribution < -0.4 is 0 Å². The Morgan fingerprint density at radius 1 is 1.27 bits per heavy atom. The summed E-state index contributed by atoms with van der Waals surface area (Å²) in [4.78, 5) is 1.37. The number of allylic oxidation sites excluding steroid dienone is 1. The summed E-state index contributed by atoms with van der Waals surface area (Å²) in [6, 6.07) is 7.76. The maximum absolute atomic E-state index is 6.27. The second-order valence-electron chi connectivity index (χ2n) is 5.75. The van der Waals surface area contributed by atoms with Crippen molar-refractivity contribution >= 4 is 46.3 Å². The van der Waals surface area contributed by atoms with Gasteiger partial charge in [-0.3, -0.25) is 4.57 Å². The lowest BCUT2D eigenvalue weighted by molar-refractivity contribution is 0.731.